The maximum Gasteiger partial charge on any atom is 0.328 e. The van der Waals surface area contributed by atoms with Gasteiger partial charge in [-0.2, -0.15) is 0 Å². The monoisotopic (exact) mass is 233 g/mol. The molecule has 0 fully saturated rings. The topological polar surface area (TPSA) is 66.4 Å². The van der Waals surface area contributed by atoms with Gasteiger partial charge in [-0.3, -0.25) is 4.79 Å². The fourth-order valence-corrected chi connectivity index (χ4v) is 1.38. The number of rotatable bonds is 4. The van der Waals surface area contributed by atoms with Crippen LogP contribution in [0.2, 0.25) is 0 Å². The van der Waals surface area contributed by atoms with Crippen LogP contribution in [0.5, 0.6) is 0 Å². The quantitative estimate of drug-likeness (QED) is 0.775. The molecule has 0 aromatic heterocycles. The molecule has 0 aliphatic rings. The predicted octanol–water partition coefficient (Wildman–Crippen LogP) is 1.56. The lowest BCUT2D eigenvalue weighted by Crippen LogP contribution is -2.21. The van der Waals surface area contributed by atoms with E-state index >= 15 is 0 Å². The van der Waals surface area contributed by atoms with Crippen LogP contribution in [-0.4, -0.2) is 17.0 Å². The molecule has 17 heavy (non-hydrogen) atoms. The van der Waals surface area contributed by atoms with E-state index in [-0.39, 0.29) is 0 Å². The first kappa shape index (κ1) is 13.0. The molecule has 0 radical (unpaired) electrons. The van der Waals surface area contributed by atoms with Gasteiger partial charge in [-0.15, -0.1) is 0 Å². The van der Waals surface area contributed by atoms with Gasteiger partial charge in [0.25, 0.3) is 0 Å². The van der Waals surface area contributed by atoms with Crippen molar-refractivity contribution in [3.63, 3.8) is 0 Å². The molecule has 0 unspecified atom stereocenters. The summed E-state index contributed by atoms with van der Waals surface area (Å²) in [6.45, 7) is 4.35. The first-order chi connectivity index (χ1) is 7.99. The zero-order chi connectivity index (χ0) is 12.8. The number of nitrogens with one attached hydrogen (secondary N) is 1. The Morgan fingerprint density at radius 3 is 2.65 bits per heavy atom. The lowest BCUT2D eigenvalue weighted by atomic mass is 10.1. The summed E-state index contributed by atoms with van der Waals surface area (Å²) in [6.07, 6.45) is 1.83. The fourth-order valence-electron chi connectivity index (χ4n) is 1.38. The third-order valence-electron chi connectivity index (χ3n) is 2.33. The van der Waals surface area contributed by atoms with Crippen molar-refractivity contribution in [1.29, 1.82) is 0 Å². The summed E-state index contributed by atoms with van der Waals surface area (Å²) in [6, 6.07) is 5.99. The maximum atomic E-state index is 11.3. The van der Waals surface area contributed by atoms with Crippen LogP contribution in [0, 0.1) is 13.8 Å². The molecule has 0 saturated heterocycles. The van der Waals surface area contributed by atoms with Crippen molar-refractivity contribution < 1.29 is 14.7 Å². The van der Waals surface area contributed by atoms with Crippen LogP contribution in [0.1, 0.15) is 16.7 Å². The molecule has 0 aliphatic heterocycles. The molecule has 1 aromatic rings. The molecule has 0 heterocycles. The van der Waals surface area contributed by atoms with Crippen molar-refractivity contribution in [3.05, 3.63) is 47.0 Å². The van der Waals surface area contributed by atoms with E-state index in [1.54, 1.807) is 0 Å². The Balaban J connectivity index is 2.58. The van der Waals surface area contributed by atoms with Gasteiger partial charge in [0.1, 0.15) is 0 Å². The Kier molecular flexibility index (Phi) is 4.46. The molecule has 90 valence electrons. The number of carbonyl (C=O) groups excluding carboxylic acids is 1. The minimum Gasteiger partial charge on any atom is -0.478 e. The molecule has 0 bridgehead atoms. The average molecular weight is 233 g/mol. The summed E-state index contributed by atoms with van der Waals surface area (Å²) in [7, 11) is 0. The van der Waals surface area contributed by atoms with E-state index in [2.05, 4.69) is 5.32 Å². The summed E-state index contributed by atoms with van der Waals surface area (Å²) < 4.78 is 0. The Labute approximate surface area is 100.0 Å². The molecule has 4 nitrogen and oxygen atoms in total. The zero-order valence-corrected chi connectivity index (χ0v) is 9.86. The number of hydrogen-bond acceptors (Lipinski definition) is 2. The minimum atomic E-state index is -1.13. The van der Waals surface area contributed by atoms with E-state index in [0.29, 0.717) is 6.54 Å². The predicted molar refractivity (Wildman–Crippen MR) is 64.5 cm³/mol. The molecular formula is C13H15NO3. The average Bonchev–Trinajstić information content (AvgIpc) is 2.27. The second-order valence-electron chi connectivity index (χ2n) is 3.82. The third-order valence-corrected chi connectivity index (χ3v) is 2.33. The van der Waals surface area contributed by atoms with E-state index in [0.717, 1.165) is 28.8 Å². The molecule has 0 spiro atoms. The number of carbonyl (C=O) groups is 2. The van der Waals surface area contributed by atoms with Gasteiger partial charge in [-0.1, -0.05) is 23.8 Å². The number of carboxylic acids is 1. The molecular weight excluding hydrogens is 218 g/mol. The summed E-state index contributed by atoms with van der Waals surface area (Å²) in [5.74, 6) is -1.54. The standard InChI is InChI=1S/C13H15NO3/c1-9-3-4-10(2)11(7-9)8-14-12(15)5-6-13(16)17/h3-7H,8H2,1-2H3,(H,14,15)(H,16,17)/b6-5+. The third kappa shape index (κ3) is 4.51. The van der Waals surface area contributed by atoms with E-state index < -0.39 is 11.9 Å². The van der Waals surface area contributed by atoms with Crippen LogP contribution < -0.4 is 5.32 Å². The highest BCUT2D eigenvalue weighted by atomic mass is 16.4. The van der Waals surface area contributed by atoms with Gasteiger partial charge in [-0.25, -0.2) is 4.79 Å². The molecule has 1 amide bonds. The van der Waals surface area contributed by atoms with Gasteiger partial charge in [0.05, 0.1) is 0 Å². The van der Waals surface area contributed by atoms with Gasteiger partial charge < -0.3 is 10.4 Å². The Morgan fingerprint density at radius 1 is 1.29 bits per heavy atom. The van der Waals surface area contributed by atoms with Gasteiger partial charge in [-0.05, 0) is 25.0 Å². The Bertz CT molecular complexity index is 464. The highest BCUT2D eigenvalue weighted by Gasteiger charge is 2.01. The van der Waals surface area contributed by atoms with Crippen molar-refractivity contribution in [2.24, 2.45) is 0 Å². The Hall–Kier alpha value is -2.10. The van der Waals surface area contributed by atoms with E-state index in [9.17, 15) is 9.59 Å². The molecule has 4 heteroatoms. The highest BCUT2D eigenvalue weighted by Crippen LogP contribution is 2.09. The molecule has 1 aromatic carbocycles. The summed E-state index contributed by atoms with van der Waals surface area (Å²) in [5.41, 5.74) is 3.25. The lowest BCUT2D eigenvalue weighted by Gasteiger charge is -2.07. The number of carboxylic acid groups (broad SMARTS) is 1. The molecule has 0 saturated carbocycles. The molecule has 2 N–H and O–H groups in total. The van der Waals surface area contributed by atoms with Crippen molar-refractivity contribution >= 4 is 11.9 Å². The number of aliphatic carboxylic acids is 1. The van der Waals surface area contributed by atoms with Crippen LogP contribution in [0.15, 0.2) is 30.4 Å². The SMILES string of the molecule is Cc1ccc(C)c(CNC(=O)/C=C/C(=O)O)c1. The van der Waals surface area contributed by atoms with E-state index in [1.165, 1.54) is 0 Å². The molecule has 0 atom stereocenters. The largest absolute Gasteiger partial charge is 0.478 e. The second kappa shape index (κ2) is 5.84. The Morgan fingerprint density at radius 2 is 2.00 bits per heavy atom. The number of amides is 1. The van der Waals surface area contributed by atoms with Crippen LogP contribution in [-0.2, 0) is 16.1 Å². The number of aryl methyl sites for hydroxylation is 2. The highest BCUT2D eigenvalue weighted by molar-refractivity contribution is 5.93. The number of hydrogen-bond donors (Lipinski definition) is 2. The molecule has 1 rings (SSSR count). The van der Waals surface area contributed by atoms with Crippen molar-refractivity contribution in [1.82, 2.24) is 5.32 Å². The van der Waals surface area contributed by atoms with Crippen molar-refractivity contribution in [3.8, 4) is 0 Å². The maximum absolute atomic E-state index is 11.3. The first-order valence-corrected chi connectivity index (χ1v) is 5.24. The van der Waals surface area contributed by atoms with Crippen LogP contribution >= 0.6 is 0 Å². The van der Waals surface area contributed by atoms with Crippen LogP contribution in [0.3, 0.4) is 0 Å². The second-order valence-corrected chi connectivity index (χ2v) is 3.82. The van der Waals surface area contributed by atoms with Gasteiger partial charge in [0.2, 0.25) is 5.91 Å². The van der Waals surface area contributed by atoms with E-state index in [1.807, 2.05) is 32.0 Å². The molecule has 0 aliphatic carbocycles. The van der Waals surface area contributed by atoms with Gasteiger partial charge >= 0.3 is 5.97 Å². The van der Waals surface area contributed by atoms with Gasteiger partial charge in [0, 0.05) is 18.7 Å². The lowest BCUT2D eigenvalue weighted by molar-refractivity contribution is -0.131. The van der Waals surface area contributed by atoms with Gasteiger partial charge in [0.15, 0.2) is 0 Å². The van der Waals surface area contributed by atoms with E-state index in [4.69, 9.17) is 5.11 Å². The fraction of sp³-hybridized carbons (Fsp3) is 0.231. The summed E-state index contributed by atoms with van der Waals surface area (Å²) >= 11 is 0. The van der Waals surface area contributed by atoms with Crippen LogP contribution in [0.25, 0.3) is 0 Å². The minimum absolute atomic E-state index is 0.399. The normalized spacial score (nSPS) is 10.5. The first-order valence-electron chi connectivity index (χ1n) is 5.24. The van der Waals surface area contributed by atoms with Crippen LogP contribution in [0.4, 0.5) is 0 Å². The summed E-state index contributed by atoms with van der Waals surface area (Å²) in [5, 5.41) is 11.0. The van der Waals surface area contributed by atoms with Crippen molar-refractivity contribution in [2.75, 3.05) is 0 Å². The zero-order valence-electron chi connectivity index (χ0n) is 9.86. The smallest absolute Gasteiger partial charge is 0.328 e. The number of benzene rings is 1. The van der Waals surface area contributed by atoms with Crippen molar-refractivity contribution in [2.45, 2.75) is 20.4 Å². The summed E-state index contributed by atoms with van der Waals surface area (Å²) in [4.78, 5) is 21.5.